The minimum absolute atomic E-state index is 0.103. The van der Waals surface area contributed by atoms with Crippen molar-refractivity contribution in [3.63, 3.8) is 0 Å². The predicted molar refractivity (Wildman–Crippen MR) is 77.1 cm³/mol. The molecule has 0 spiro atoms. The fraction of sp³-hybridized carbons (Fsp3) is 0.625. The van der Waals surface area contributed by atoms with Gasteiger partial charge in [0, 0.05) is 0 Å². The molecule has 5 atom stereocenters. The summed E-state index contributed by atoms with van der Waals surface area (Å²) in [5, 5.41) is 41.5. The third-order valence-electron chi connectivity index (χ3n) is 4.78. The molecule has 2 aliphatic rings. The van der Waals surface area contributed by atoms with Gasteiger partial charge in [0.15, 0.2) is 5.79 Å². The molecule has 0 amide bonds. The van der Waals surface area contributed by atoms with Crippen LogP contribution in [0.3, 0.4) is 0 Å². The topological polar surface area (TPSA) is 99.4 Å². The highest BCUT2D eigenvalue weighted by Crippen LogP contribution is 2.57. The summed E-state index contributed by atoms with van der Waals surface area (Å²) in [5.74, 6) is -1.74. The first kappa shape index (κ1) is 15.9. The Labute approximate surface area is 128 Å². The maximum absolute atomic E-state index is 11.1. The monoisotopic (exact) mass is 310 g/mol. The van der Waals surface area contributed by atoms with E-state index in [2.05, 4.69) is 0 Å². The molecule has 0 aromatic heterocycles. The molecule has 6 nitrogen and oxygen atoms in total. The van der Waals surface area contributed by atoms with Crippen molar-refractivity contribution >= 4 is 0 Å². The quantitative estimate of drug-likeness (QED) is 0.614. The molecule has 1 aliphatic heterocycles. The second-order valence-corrected chi connectivity index (χ2v) is 6.60. The summed E-state index contributed by atoms with van der Waals surface area (Å²) in [4.78, 5) is 0. The van der Waals surface area contributed by atoms with E-state index >= 15 is 0 Å². The van der Waals surface area contributed by atoms with Crippen molar-refractivity contribution in [3.05, 3.63) is 35.9 Å². The number of benzene rings is 1. The molecule has 1 aliphatic carbocycles. The molecule has 1 unspecified atom stereocenters. The van der Waals surface area contributed by atoms with Gasteiger partial charge in [0.1, 0.15) is 23.4 Å². The minimum atomic E-state index is -1.81. The summed E-state index contributed by atoms with van der Waals surface area (Å²) in [6, 6.07) is 8.84. The Morgan fingerprint density at radius 3 is 2.32 bits per heavy atom. The van der Waals surface area contributed by atoms with Crippen LogP contribution in [0.2, 0.25) is 0 Å². The van der Waals surface area contributed by atoms with Gasteiger partial charge in [-0.2, -0.15) is 0 Å². The van der Waals surface area contributed by atoms with E-state index in [0.717, 1.165) is 0 Å². The van der Waals surface area contributed by atoms with E-state index in [-0.39, 0.29) is 6.61 Å². The molecule has 22 heavy (non-hydrogen) atoms. The van der Waals surface area contributed by atoms with Gasteiger partial charge in [-0.15, -0.1) is 0 Å². The molecule has 1 aromatic rings. The SMILES string of the molecule is CC1(C)OC[C@H]([C@]2(O)C(c3ccccc3)[C@](O)(CO)[C@H]2O)O1. The second-order valence-electron chi connectivity index (χ2n) is 6.60. The van der Waals surface area contributed by atoms with Gasteiger partial charge in [-0.05, 0) is 19.4 Å². The maximum atomic E-state index is 11.1. The van der Waals surface area contributed by atoms with Crippen LogP contribution in [0.1, 0.15) is 25.3 Å². The number of hydrogen-bond acceptors (Lipinski definition) is 6. The highest BCUT2D eigenvalue weighted by molar-refractivity contribution is 5.38. The highest BCUT2D eigenvalue weighted by atomic mass is 16.7. The van der Waals surface area contributed by atoms with Gasteiger partial charge in [0.25, 0.3) is 0 Å². The van der Waals surface area contributed by atoms with E-state index in [1.165, 1.54) is 0 Å². The standard InChI is InChI=1S/C16H22O6/c1-14(2)21-8-11(22-14)16(20)12(10-6-4-3-5-7-10)15(19,9-17)13(16)18/h3-7,11-13,17-20H,8-9H2,1-2H3/t11-,12?,13-,15-,16+/m1/s1. The van der Waals surface area contributed by atoms with E-state index in [1.54, 1.807) is 38.1 Å². The van der Waals surface area contributed by atoms with Gasteiger partial charge >= 0.3 is 0 Å². The minimum Gasteiger partial charge on any atom is -0.393 e. The Bertz CT molecular complexity index is 547. The Morgan fingerprint density at radius 2 is 1.82 bits per heavy atom. The Kier molecular flexibility index (Phi) is 3.60. The van der Waals surface area contributed by atoms with Crippen molar-refractivity contribution in [2.75, 3.05) is 13.2 Å². The van der Waals surface area contributed by atoms with Gasteiger partial charge in [0.2, 0.25) is 0 Å². The lowest BCUT2D eigenvalue weighted by atomic mass is 9.51. The van der Waals surface area contributed by atoms with E-state index in [1.807, 2.05) is 6.07 Å². The third-order valence-corrected chi connectivity index (χ3v) is 4.78. The number of hydrogen-bond donors (Lipinski definition) is 4. The summed E-state index contributed by atoms with van der Waals surface area (Å²) in [6.07, 6.45) is -2.33. The van der Waals surface area contributed by atoms with Crippen molar-refractivity contribution in [1.29, 1.82) is 0 Å². The Balaban J connectivity index is 1.99. The molecule has 3 rings (SSSR count). The Hall–Kier alpha value is -1.02. The molecule has 1 heterocycles. The molecular formula is C16H22O6. The van der Waals surface area contributed by atoms with E-state index in [4.69, 9.17) is 9.47 Å². The summed E-state index contributed by atoms with van der Waals surface area (Å²) < 4.78 is 11.2. The van der Waals surface area contributed by atoms with Crippen LogP contribution in [0.4, 0.5) is 0 Å². The number of aliphatic hydroxyl groups is 4. The number of rotatable bonds is 3. The van der Waals surface area contributed by atoms with E-state index < -0.39 is 41.7 Å². The van der Waals surface area contributed by atoms with Crippen LogP contribution in [0, 0.1) is 0 Å². The van der Waals surface area contributed by atoms with Crippen molar-refractivity contribution in [2.24, 2.45) is 0 Å². The molecule has 1 saturated carbocycles. The van der Waals surface area contributed by atoms with Gasteiger partial charge in [0.05, 0.1) is 19.1 Å². The van der Waals surface area contributed by atoms with E-state index in [0.29, 0.717) is 5.56 Å². The molecule has 0 bridgehead atoms. The zero-order chi connectivity index (χ0) is 16.2. The molecule has 122 valence electrons. The molecule has 6 heteroatoms. The first-order valence-corrected chi connectivity index (χ1v) is 7.36. The van der Waals surface area contributed by atoms with Crippen molar-refractivity contribution in [2.45, 2.75) is 49.0 Å². The van der Waals surface area contributed by atoms with Gasteiger partial charge in [-0.3, -0.25) is 0 Å². The molecule has 1 saturated heterocycles. The smallest absolute Gasteiger partial charge is 0.163 e. The van der Waals surface area contributed by atoms with Gasteiger partial charge in [-0.25, -0.2) is 0 Å². The summed E-state index contributed by atoms with van der Waals surface area (Å²) >= 11 is 0. The molecular weight excluding hydrogens is 288 g/mol. The van der Waals surface area contributed by atoms with Crippen LogP contribution in [0.5, 0.6) is 0 Å². The largest absolute Gasteiger partial charge is 0.393 e. The normalized spacial score (nSPS) is 43.8. The molecule has 0 radical (unpaired) electrons. The number of aliphatic hydroxyl groups excluding tert-OH is 2. The van der Waals surface area contributed by atoms with Crippen LogP contribution in [0.25, 0.3) is 0 Å². The fourth-order valence-electron chi connectivity index (χ4n) is 3.68. The van der Waals surface area contributed by atoms with Crippen LogP contribution in [-0.4, -0.2) is 62.8 Å². The molecule has 2 fully saturated rings. The highest BCUT2D eigenvalue weighted by Gasteiger charge is 2.74. The average molecular weight is 310 g/mol. The fourth-order valence-corrected chi connectivity index (χ4v) is 3.68. The predicted octanol–water partition coefficient (Wildman–Crippen LogP) is -0.249. The average Bonchev–Trinajstić information content (AvgIpc) is 2.88. The van der Waals surface area contributed by atoms with Gasteiger partial charge < -0.3 is 29.9 Å². The molecule has 4 N–H and O–H groups in total. The lowest BCUT2D eigenvalue weighted by Crippen LogP contribution is -2.81. The lowest BCUT2D eigenvalue weighted by Gasteiger charge is -2.62. The summed E-state index contributed by atoms with van der Waals surface area (Å²) in [5.41, 5.74) is -2.92. The van der Waals surface area contributed by atoms with Crippen LogP contribution in [0.15, 0.2) is 30.3 Å². The molecule has 1 aromatic carbocycles. The van der Waals surface area contributed by atoms with Crippen LogP contribution >= 0.6 is 0 Å². The maximum Gasteiger partial charge on any atom is 0.163 e. The second kappa shape index (κ2) is 4.99. The summed E-state index contributed by atoms with van der Waals surface area (Å²) in [6.45, 7) is 2.88. The third kappa shape index (κ3) is 2.03. The van der Waals surface area contributed by atoms with Crippen molar-refractivity contribution in [3.8, 4) is 0 Å². The van der Waals surface area contributed by atoms with Gasteiger partial charge in [-0.1, -0.05) is 30.3 Å². The zero-order valence-electron chi connectivity index (χ0n) is 12.6. The Morgan fingerprint density at radius 1 is 1.18 bits per heavy atom. The lowest BCUT2D eigenvalue weighted by molar-refractivity contribution is -0.329. The zero-order valence-corrected chi connectivity index (χ0v) is 12.6. The van der Waals surface area contributed by atoms with Crippen LogP contribution in [-0.2, 0) is 9.47 Å². The summed E-state index contributed by atoms with van der Waals surface area (Å²) in [7, 11) is 0. The first-order valence-electron chi connectivity index (χ1n) is 7.36. The van der Waals surface area contributed by atoms with Crippen molar-refractivity contribution in [1.82, 2.24) is 0 Å². The van der Waals surface area contributed by atoms with Crippen molar-refractivity contribution < 1.29 is 29.9 Å². The number of ether oxygens (including phenoxy) is 2. The first-order chi connectivity index (χ1) is 10.3. The van der Waals surface area contributed by atoms with E-state index in [9.17, 15) is 20.4 Å². The van der Waals surface area contributed by atoms with Crippen LogP contribution < -0.4 is 0 Å².